The Morgan fingerprint density at radius 3 is 2.67 bits per heavy atom. The molecule has 0 spiro atoms. The number of nitrogens with zero attached hydrogens (tertiary/aromatic N) is 2. The number of hydrogen-bond donors (Lipinski definition) is 1. The smallest absolute Gasteiger partial charge is 0.206 e. The van der Waals surface area contributed by atoms with Gasteiger partial charge in [-0.1, -0.05) is 23.1 Å². The first-order valence-electron chi connectivity index (χ1n) is 6.04. The number of ether oxygens (including phenoxy) is 2. The predicted octanol–water partition coefficient (Wildman–Crippen LogP) is 2.57. The van der Waals surface area contributed by atoms with E-state index >= 15 is 0 Å². The molecule has 0 fully saturated rings. The van der Waals surface area contributed by atoms with Crippen LogP contribution >= 0.6 is 23.1 Å². The molecule has 0 aliphatic heterocycles. The largest absolute Gasteiger partial charge is 0.493 e. The van der Waals surface area contributed by atoms with Crippen LogP contribution in [0.15, 0.2) is 22.5 Å². The summed E-state index contributed by atoms with van der Waals surface area (Å²) in [6.07, 6.45) is 1.93. The summed E-state index contributed by atoms with van der Waals surface area (Å²) in [6.45, 7) is 0.151. The molecule has 1 heterocycles. The molecule has 21 heavy (non-hydrogen) atoms. The minimum atomic E-state index is -0.0585. The second-order valence-corrected chi connectivity index (χ2v) is 5.95. The van der Waals surface area contributed by atoms with Gasteiger partial charge in [0.15, 0.2) is 21.6 Å². The minimum absolute atomic E-state index is 0.0585. The highest BCUT2D eigenvalue weighted by molar-refractivity contribution is 8.00. The fourth-order valence-corrected chi connectivity index (χ4v) is 2.80. The van der Waals surface area contributed by atoms with Crippen LogP contribution in [0, 0.1) is 0 Å². The summed E-state index contributed by atoms with van der Waals surface area (Å²) in [5.41, 5.74) is 0.551. The summed E-state index contributed by atoms with van der Waals surface area (Å²) in [5.74, 6) is 1.07. The van der Waals surface area contributed by atoms with Gasteiger partial charge in [0.1, 0.15) is 0 Å². The van der Waals surface area contributed by atoms with Crippen molar-refractivity contribution in [3.8, 4) is 11.5 Å². The first-order chi connectivity index (χ1) is 10.2. The number of rotatable bonds is 7. The van der Waals surface area contributed by atoms with E-state index in [-0.39, 0.29) is 12.3 Å². The molecule has 0 radical (unpaired) electrons. The summed E-state index contributed by atoms with van der Waals surface area (Å²) in [4.78, 5) is 12.2. The molecule has 0 unspecified atom stereocenters. The van der Waals surface area contributed by atoms with Crippen LogP contribution in [0.2, 0.25) is 0 Å². The van der Waals surface area contributed by atoms with Gasteiger partial charge in [0.05, 0.1) is 20.8 Å². The maximum Gasteiger partial charge on any atom is 0.206 e. The van der Waals surface area contributed by atoms with E-state index in [2.05, 4.69) is 15.5 Å². The van der Waals surface area contributed by atoms with Gasteiger partial charge in [0.2, 0.25) is 5.13 Å². The molecule has 1 N–H and O–H groups in total. The molecule has 8 heteroatoms. The maximum atomic E-state index is 12.2. The van der Waals surface area contributed by atoms with Crippen molar-refractivity contribution in [3.63, 3.8) is 0 Å². The van der Waals surface area contributed by atoms with Crippen LogP contribution in [0.4, 0.5) is 5.13 Å². The van der Waals surface area contributed by atoms with E-state index in [1.165, 1.54) is 30.2 Å². The number of carbonyl (C=O) groups is 1. The lowest BCUT2D eigenvalue weighted by atomic mass is 10.1. The number of Topliss-reactive ketones (excluding diaryl/α,β-unsaturated/α-hetero) is 1. The van der Waals surface area contributed by atoms with E-state index in [9.17, 15) is 4.79 Å². The highest BCUT2D eigenvalue weighted by atomic mass is 32.2. The summed E-state index contributed by atoms with van der Waals surface area (Å²) < 4.78 is 11.2. The Morgan fingerprint density at radius 1 is 1.29 bits per heavy atom. The van der Waals surface area contributed by atoms with Gasteiger partial charge in [-0.2, -0.15) is 0 Å². The van der Waals surface area contributed by atoms with Gasteiger partial charge in [0.25, 0.3) is 0 Å². The average molecular weight is 325 g/mol. The van der Waals surface area contributed by atoms with Crippen molar-refractivity contribution >= 4 is 34.0 Å². The van der Waals surface area contributed by atoms with Crippen molar-refractivity contribution in [1.29, 1.82) is 0 Å². The molecule has 2 aromatic rings. The molecule has 0 saturated carbocycles. The Bertz CT molecular complexity index is 631. The average Bonchev–Trinajstić information content (AvgIpc) is 2.99. The third kappa shape index (κ3) is 3.85. The Labute approximate surface area is 130 Å². The molecular formula is C13H15N3O3S2. The number of benzene rings is 1. The molecule has 0 aliphatic carbocycles. The second kappa shape index (κ2) is 7.28. The predicted molar refractivity (Wildman–Crippen MR) is 84.1 cm³/mol. The van der Waals surface area contributed by atoms with Crippen LogP contribution < -0.4 is 14.8 Å². The van der Waals surface area contributed by atoms with Crippen LogP contribution in [-0.4, -0.2) is 43.0 Å². The summed E-state index contributed by atoms with van der Waals surface area (Å²) in [5, 5.41) is 11.5. The SMILES string of the molecule is COc1ccc(C(=O)CNc2nnc(SC)s2)cc1OC. The van der Waals surface area contributed by atoms with E-state index in [0.29, 0.717) is 22.2 Å². The molecule has 0 saturated heterocycles. The normalized spacial score (nSPS) is 10.2. The van der Waals surface area contributed by atoms with Crippen molar-refractivity contribution in [2.45, 2.75) is 4.34 Å². The lowest BCUT2D eigenvalue weighted by molar-refractivity contribution is 0.101. The lowest BCUT2D eigenvalue weighted by Crippen LogP contribution is -2.14. The summed E-state index contributed by atoms with van der Waals surface area (Å²) in [7, 11) is 3.09. The summed E-state index contributed by atoms with van der Waals surface area (Å²) >= 11 is 2.94. The van der Waals surface area contributed by atoms with Crippen molar-refractivity contribution < 1.29 is 14.3 Å². The van der Waals surface area contributed by atoms with Crippen molar-refractivity contribution in [3.05, 3.63) is 23.8 Å². The fraction of sp³-hybridized carbons (Fsp3) is 0.308. The molecule has 0 aliphatic rings. The van der Waals surface area contributed by atoms with Crippen molar-refractivity contribution in [2.75, 3.05) is 32.3 Å². The van der Waals surface area contributed by atoms with E-state index in [4.69, 9.17) is 9.47 Å². The van der Waals surface area contributed by atoms with Crippen LogP contribution in [0.5, 0.6) is 11.5 Å². The second-order valence-electron chi connectivity index (χ2n) is 3.92. The fourth-order valence-electron chi connectivity index (χ4n) is 1.63. The Balaban J connectivity index is 2.02. The number of aromatic nitrogens is 2. The molecule has 6 nitrogen and oxygen atoms in total. The molecule has 0 atom stereocenters. The van der Waals surface area contributed by atoms with Crippen LogP contribution in [0.25, 0.3) is 0 Å². The van der Waals surface area contributed by atoms with Gasteiger partial charge in [-0.05, 0) is 24.5 Å². The van der Waals surface area contributed by atoms with Gasteiger partial charge in [-0.15, -0.1) is 10.2 Å². The van der Waals surface area contributed by atoms with Gasteiger partial charge >= 0.3 is 0 Å². The number of ketones is 1. The molecule has 2 rings (SSSR count). The van der Waals surface area contributed by atoms with Crippen LogP contribution in [0.3, 0.4) is 0 Å². The third-order valence-electron chi connectivity index (χ3n) is 2.69. The summed E-state index contributed by atoms with van der Waals surface area (Å²) in [6, 6.07) is 5.08. The van der Waals surface area contributed by atoms with Crippen LogP contribution in [-0.2, 0) is 0 Å². The van der Waals surface area contributed by atoms with Crippen molar-refractivity contribution in [1.82, 2.24) is 10.2 Å². The van der Waals surface area contributed by atoms with Gasteiger partial charge in [0, 0.05) is 5.56 Å². The number of hydrogen-bond acceptors (Lipinski definition) is 8. The standard InChI is InChI=1S/C13H15N3O3S2/c1-18-10-5-4-8(6-11(10)19-2)9(17)7-14-12-15-16-13(20-3)21-12/h4-6H,7H2,1-3H3,(H,14,15). The molecule has 0 amide bonds. The molecular weight excluding hydrogens is 310 g/mol. The van der Waals surface area contributed by atoms with E-state index in [1.54, 1.807) is 25.3 Å². The number of thioether (sulfide) groups is 1. The quantitative estimate of drug-likeness (QED) is 0.619. The maximum absolute atomic E-state index is 12.2. The van der Waals surface area contributed by atoms with Gasteiger partial charge in [-0.25, -0.2) is 0 Å². The minimum Gasteiger partial charge on any atom is -0.493 e. The first-order valence-corrected chi connectivity index (χ1v) is 8.08. The van der Waals surface area contributed by atoms with E-state index in [0.717, 1.165) is 4.34 Å². The number of anilines is 1. The highest BCUT2D eigenvalue weighted by Crippen LogP contribution is 2.28. The van der Waals surface area contributed by atoms with Crippen molar-refractivity contribution in [2.24, 2.45) is 0 Å². The van der Waals surface area contributed by atoms with E-state index in [1.807, 2.05) is 6.26 Å². The van der Waals surface area contributed by atoms with Crippen LogP contribution in [0.1, 0.15) is 10.4 Å². The number of carbonyl (C=O) groups excluding carboxylic acids is 1. The zero-order valence-corrected chi connectivity index (χ0v) is 13.5. The number of nitrogens with one attached hydrogen (secondary N) is 1. The first kappa shape index (κ1) is 15.6. The molecule has 0 bridgehead atoms. The Kier molecular flexibility index (Phi) is 5.40. The highest BCUT2D eigenvalue weighted by Gasteiger charge is 2.11. The zero-order chi connectivity index (χ0) is 15.2. The molecule has 1 aromatic carbocycles. The third-order valence-corrected chi connectivity index (χ3v) is 4.54. The molecule has 1 aromatic heterocycles. The zero-order valence-electron chi connectivity index (χ0n) is 11.9. The van der Waals surface area contributed by atoms with Gasteiger partial charge in [-0.3, -0.25) is 4.79 Å². The Hall–Kier alpha value is -1.80. The van der Waals surface area contributed by atoms with Gasteiger partial charge < -0.3 is 14.8 Å². The Morgan fingerprint density at radius 2 is 2.05 bits per heavy atom. The molecule has 112 valence electrons. The van der Waals surface area contributed by atoms with E-state index < -0.39 is 0 Å². The monoisotopic (exact) mass is 325 g/mol. The number of methoxy groups -OCH3 is 2. The lowest BCUT2D eigenvalue weighted by Gasteiger charge is -2.09. The topological polar surface area (TPSA) is 73.3 Å².